The lowest BCUT2D eigenvalue weighted by atomic mass is 10.2. The van der Waals surface area contributed by atoms with Crippen molar-refractivity contribution in [3.05, 3.63) is 34.5 Å². The molecule has 2 rings (SSSR count). The first-order valence-electron chi connectivity index (χ1n) is 6.21. The van der Waals surface area contributed by atoms with Crippen molar-refractivity contribution in [3.8, 4) is 0 Å². The van der Waals surface area contributed by atoms with Crippen molar-refractivity contribution < 1.29 is 9.72 Å². The van der Waals surface area contributed by atoms with Gasteiger partial charge in [0.25, 0.3) is 5.69 Å². The molecule has 0 saturated heterocycles. The van der Waals surface area contributed by atoms with Crippen LogP contribution in [-0.4, -0.2) is 20.6 Å². The highest BCUT2D eigenvalue weighted by molar-refractivity contribution is 5.81. The van der Waals surface area contributed by atoms with Crippen LogP contribution in [0.5, 0.6) is 0 Å². The van der Waals surface area contributed by atoms with Crippen LogP contribution in [0, 0.1) is 10.1 Å². The minimum absolute atomic E-state index is 0.0433. The molecule has 0 spiro atoms. The van der Waals surface area contributed by atoms with E-state index in [4.69, 9.17) is 5.84 Å². The SMILES string of the molecule is NNC(=O)CCCCn1ncc2ccc([N+](=O)[O-])cc21. The molecule has 8 nitrogen and oxygen atoms in total. The molecule has 0 atom stereocenters. The van der Waals surface area contributed by atoms with E-state index in [1.807, 2.05) is 0 Å². The standard InChI is InChI=1S/C12H15N5O3/c13-15-12(18)3-1-2-6-16-11-7-10(17(19)20)5-4-9(11)8-14-16/h4-5,7-8H,1-3,6,13H2,(H,15,18). The number of nitro benzene ring substituents is 1. The Morgan fingerprint density at radius 3 is 2.95 bits per heavy atom. The number of fused-ring (bicyclic) bond motifs is 1. The number of hydrazine groups is 1. The van der Waals surface area contributed by atoms with Crippen LogP contribution in [0.3, 0.4) is 0 Å². The number of benzene rings is 1. The molecular formula is C12H15N5O3. The number of hydrogen-bond donors (Lipinski definition) is 2. The van der Waals surface area contributed by atoms with E-state index < -0.39 is 4.92 Å². The maximum absolute atomic E-state index is 11.0. The number of rotatable bonds is 6. The van der Waals surface area contributed by atoms with Crippen LogP contribution in [0.4, 0.5) is 5.69 Å². The zero-order valence-electron chi connectivity index (χ0n) is 10.8. The average molecular weight is 277 g/mol. The molecule has 2 aromatic rings. The molecule has 8 heteroatoms. The number of unbranched alkanes of at least 4 members (excludes halogenated alkanes) is 1. The maximum Gasteiger partial charge on any atom is 0.271 e. The number of nitrogens with one attached hydrogen (secondary N) is 1. The fraction of sp³-hybridized carbons (Fsp3) is 0.333. The Kier molecular flexibility index (Phi) is 4.26. The third kappa shape index (κ3) is 3.09. The number of amides is 1. The molecule has 1 amide bonds. The van der Waals surface area contributed by atoms with Crippen molar-refractivity contribution in [2.45, 2.75) is 25.8 Å². The van der Waals surface area contributed by atoms with E-state index in [2.05, 4.69) is 10.5 Å². The van der Waals surface area contributed by atoms with Gasteiger partial charge in [-0.1, -0.05) is 0 Å². The van der Waals surface area contributed by atoms with Gasteiger partial charge < -0.3 is 0 Å². The van der Waals surface area contributed by atoms with Gasteiger partial charge in [0, 0.05) is 30.5 Å². The predicted octanol–water partition coefficient (Wildman–Crippen LogP) is 1.10. The van der Waals surface area contributed by atoms with Crippen LogP contribution in [0.1, 0.15) is 19.3 Å². The number of carbonyl (C=O) groups is 1. The summed E-state index contributed by atoms with van der Waals surface area (Å²) >= 11 is 0. The highest BCUT2D eigenvalue weighted by Gasteiger charge is 2.10. The lowest BCUT2D eigenvalue weighted by Crippen LogP contribution is -2.29. The van der Waals surface area contributed by atoms with Crippen molar-refractivity contribution in [3.63, 3.8) is 0 Å². The second kappa shape index (κ2) is 6.11. The number of aryl methyl sites for hydroxylation is 1. The molecule has 0 saturated carbocycles. The Bertz CT molecular complexity index is 637. The van der Waals surface area contributed by atoms with Gasteiger partial charge >= 0.3 is 0 Å². The Balaban J connectivity index is 2.04. The van der Waals surface area contributed by atoms with Crippen molar-refractivity contribution >= 4 is 22.5 Å². The van der Waals surface area contributed by atoms with Gasteiger partial charge in [0.05, 0.1) is 16.6 Å². The first-order valence-corrected chi connectivity index (χ1v) is 6.21. The Hall–Kier alpha value is -2.48. The molecule has 0 fully saturated rings. The average Bonchev–Trinajstić information content (AvgIpc) is 2.85. The van der Waals surface area contributed by atoms with Crippen LogP contribution in [0.2, 0.25) is 0 Å². The Morgan fingerprint density at radius 2 is 2.25 bits per heavy atom. The summed E-state index contributed by atoms with van der Waals surface area (Å²) in [5.41, 5.74) is 2.84. The van der Waals surface area contributed by atoms with E-state index in [1.54, 1.807) is 16.9 Å². The fourth-order valence-corrected chi connectivity index (χ4v) is 1.97. The lowest BCUT2D eigenvalue weighted by molar-refractivity contribution is -0.384. The highest BCUT2D eigenvalue weighted by Crippen LogP contribution is 2.20. The second-order valence-electron chi connectivity index (χ2n) is 4.39. The molecule has 0 radical (unpaired) electrons. The Labute approximate surface area is 114 Å². The number of carbonyl (C=O) groups excluding carboxylic acids is 1. The van der Waals surface area contributed by atoms with Crippen molar-refractivity contribution in [2.24, 2.45) is 5.84 Å². The zero-order valence-corrected chi connectivity index (χ0v) is 10.8. The molecule has 1 heterocycles. The summed E-state index contributed by atoms with van der Waals surface area (Å²) in [6.45, 7) is 0.600. The predicted molar refractivity (Wildman–Crippen MR) is 72.6 cm³/mol. The van der Waals surface area contributed by atoms with Crippen molar-refractivity contribution in [1.29, 1.82) is 0 Å². The number of nitrogens with two attached hydrogens (primary N) is 1. The second-order valence-corrected chi connectivity index (χ2v) is 4.39. The third-order valence-corrected chi connectivity index (χ3v) is 3.02. The monoisotopic (exact) mass is 277 g/mol. The molecule has 0 unspecified atom stereocenters. The summed E-state index contributed by atoms with van der Waals surface area (Å²) in [4.78, 5) is 21.3. The van der Waals surface area contributed by atoms with Gasteiger partial charge in [-0.15, -0.1) is 0 Å². The first-order chi connectivity index (χ1) is 9.61. The van der Waals surface area contributed by atoms with E-state index in [-0.39, 0.29) is 11.6 Å². The van der Waals surface area contributed by atoms with Gasteiger partial charge in [0.1, 0.15) is 0 Å². The normalized spacial score (nSPS) is 10.7. The molecule has 1 aromatic carbocycles. The summed E-state index contributed by atoms with van der Waals surface area (Å²) in [5, 5.41) is 15.8. The summed E-state index contributed by atoms with van der Waals surface area (Å²) in [6.07, 6.45) is 3.45. The minimum Gasteiger partial charge on any atom is -0.294 e. The van der Waals surface area contributed by atoms with Gasteiger partial charge in [-0.05, 0) is 18.9 Å². The maximum atomic E-state index is 11.0. The van der Waals surface area contributed by atoms with Gasteiger partial charge in [0.15, 0.2) is 0 Å². The lowest BCUT2D eigenvalue weighted by Gasteiger charge is -2.03. The van der Waals surface area contributed by atoms with Gasteiger partial charge in [-0.2, -0.15) is 5.10 Å². The largest absolute Gasteiger partial charge is 0.294 e. The molecule has 0 aliphatic rings. The number of nitro groups is 1. The molecule has 20 heavy (non-hydrogen) atoms. The van der Waals surface area contributed by atoms with E-state index in [0.29, 0.717) is 19.4 Å². The number of non-ortho nitro benzene ring substituents is 1. The summed E-state index contributed by atoms with van der Waals surface area (Å²) < 4.78 is 1.71. The van der Waals surface area contributed by atoms with Crippen molar-refractivity contribution in [1.82, 2.24) is 15.2 Å². The van der Waals surface area contributed by atoms with Crippen LogP contribution in [0.25, 0.3) is 10.9 Å². The molecule has 0 aliphatic heterocycles. The smallest absolute Gasteiger partial charge is 0.271 e. The quantitative estimate of drug-likeness (QED) is 0.270. The summed E-state index contributed by atoms with van der Waals surface area (Å²) in [6, 6.07) is 4.65. The summed E-state index contributed by atoms with van der Waals surface area (Å²) in [7, 11) is 0. The highest BCUT2D eigenvalue weighted by atomic mass is 16.6. The molecular weight excluding hydrogens is 262 g/mol. The molecule has 0 bridgehead atoms. The van der Waals surface area contributed by atoms with E-state index >= 15 is 0 Å². The summed E-state index contributed by atoms with van der Waals surface area (Å²) in [5.74, 6) is 4.78. The first kappa shape index (κ1) is 13.9. The van der Waals surface area contributed by atoms with E-state index in [1.165, 1.54) is 12.1 Å². The number of aromatic nitrogens is 2. The van der Waals surface area contributed by atoms with Gasteiger partial charge in [-0.25, -0.2) is 5.84 Å². The van der Waals surface area contributed by atoms with Crippen LogP contribution in [0.15, 0.2) is 24.4 Å². The number of hydrogen-bond acceptors (Lipinski definition) is 5. The van der Waals surface area contributed by atoms with Crippen molar-refractivity contribution in [2.75, 3.05) is 0 Å². The molecule has 106 valence electrons. The molecule has 1 aromatic heterocycles. The Morgan fingerprint density at radius 1 is 1.45 bits per heavy atom. The minimum atomic E-state index is -0.428. The van der Waals surface area contributed by atoms with Crippen LogP contribution < -0.4 is 11.3 Å². The number of nitrogens with zero attached hydrogens (tertiary/aromatic N) is 3. The van der Waals surface area contributed by atoms with Gasteiger partial charge in [0.2, 0.25) is 5.91 Å². The van der Waals surface area contributed by atoms with Gasteiger partial charge in [-0.3, -0.25) is 25.0 Å². The van der Waals surface area contributed by atoms with E-state index in [0.717, 1.165) is 17.3 Å². The topological polar surface area (TPSA) is 116 Å². The third-order valence-electron chi connectivity index (χ3n) is 3.02. The zero-order chi connectivity index (χ0) is 14.5. The van der Waals surface area contributed by atoms with Crippen LogP contribution >= 0.6 is 0 Å². The molecule has 3 N–H and O–H groups in total. The van der Waals surface area contributed by atoms with E-state index in [9.17, 15) is 14.9 Å². The molecule has 0 aliphatic carbocycles. The van der Waals surface area contributed by atoms with Crippen LogP contribution in [-0.2, 0) is 11.3 Å². The fourth-order valence-electron chi connectivity index (χ4n) is 1.97.